The molecule has 0 fully saturated rings. The van der Waals surface area contributed by atoms with Crippen LogP contribution in [0.25, 0.3) is 0 Å². The van der Waals surface area contributed by atoms with Crippen molar-refractivity contribution in [2.24, 2.45) is 0 Å². The zero-order valence-corrected chi connectivity index (χ0v) is 10.5. The Kier molecular flexibility index (Phi) is 4.42. The molecule has 8 heteroatoms. The molecule has 1 rings (SSSR count). The molecule has 0 saturated heterocycles. The SMILES string of the molecule is COC(=O)c1c(C(=O)O)ccc(C(=O)O)c1C(=O)OC. The van der Waals surface area contributed by atoms with Gasteiger partial charge in [-0.15, -0.1) is 0 Å². The quantitative estimate of drug-likeness (QED) is 0.771. The minimum absolute atomic E-state index is 0.553. The molecule has 0 unspecified atom stereocenters. The summed E-state index contributed by atoms with van der Waals surface area (Å²) in [6.45, 7) is 0. The largest absolute Gasteiger partial charge is 0.478 e. The number of rotatable bonds is 4. The zero-order chi connectivity index (χ0) is 15.4. The molecule has 0 heterocycles. The van der Waals surface area contributed by atoms with Gasteiger partial charge >= 0.3 is 23.9 Å². The topological polar surface area (TPSA) is 127 Å². The third-order valence-corrected chi connectivity index (χ3v) is 2.45. The molecule has 0 aliphatic heterocycles. The second-order valence-electron chi connectivity index (χ2n) is 3.50. The highest BCUT2D eigenvalue weighted by Gasteiger charge is 2.30. The molecular weight excluding hydrogens is 272 g/mol. The van der Waals surface area contributed by atoms with Crippen molar-refractivity contribution in [2.75, 3.05) is 14.2 Å². The second kappa shape index (κ2) is 5.83. The summed E-state index contributed by atoms with van der Waals surface area (Å²) in [5.41, 5.74) is -2.43. The number of carbonyl (C=O) groups is 4. The van der Waals surface area contributed by atoms with E-state index in [1.807, 2.05) is 0 Å². The van der Waals surface area contributed by atoms with Crippen LogP contribution in [-0.4, -0.2) is 48.3 Å². The molecule has 0 radical (unpaired) electrons. The fourth-order valence-corrected chi connectivity index (χ4v) is 1.59. The monoisotopic (exact) mass is 282 g/mol. The predicted octanol–water partition coefficient (Wildman–Crippen LogP) is 0.656. The molecule has 106 valence electrons. The molecule has 0 atom stereocenters. The van der Waals surface area contributed by atoms with Gasteiger partial charge in [-0.3, -0.25) is 0 Å². The van der Waals surface area contributed by atoms with E-state index < -0.39 is 46.1 Å². The highest BCUT2D eigenvalue weighted by molar-refractivity contribution is 6.14. The van der Waals surface area contributed by atoms with Crippen LogP contribution in [-0.2, 0) is 9.47 Å². The highest BCUT2D eigenvalue weighted by Crippen LogP contribution is 2.22. The Labute approximate surface area is 112 Å². The van der Waals surface area contributed by atoms with Gasteiger partial charge in [-0.05, 0) is 12.1 Å². The van der Waals surface area contributed by atoms with Crippen LogP contribution in [0.2, 0.25) is 0 Å². The molecule has 0 aliphatic carbocycles. The molecule has 8 nitrogen and oxygen atoms in total. The van der Waals surface area contributed by atoms with Crippen LogP contribution in [0, 0.1) is 0 Å². The maximum absolute atomic E-state index is 11.7. The molecule has 0 saturated carbocycles. The van der Waals surface area contributed by atoms with Crippen molar-refractivity contribution in [3.05, 3.63) is 34.4 Å². The number of methoxy groups -OCH3 is 2. The van der Waals surface area contributed by atoms with E-state index in [-0.39, 0.29) is 0 Å². The third kappa shape index (κ3) is 2.58. The van der Waals surface area contributed by atoms with E-state index in [0.29, 0.717) is 0 Å². The number of ether oxygens (including phenoxy) is 2. The summed E-state index contributed by atoms with van der Waals surface area (Å²) in [4.78, 5) is 45.5. The Bertz CT molecular complexity index is 549. The van der Waals surface area contributed by atoms with E-state index in [4.69, 9.17) is 10.2 Å². The van der Waals surface area contributed by atoms with Crippen molar-refractivity contribution >= 4 is 23.9 Å². The second-order valence-corrected chi connectivity index (χ2v) is 3.50. The minimum atomic E-state index is -1.51. The number of benzene rings is 1. The molecule has 0 spiro atoms. The van der Waals surface area contributed by atoms with Gasteiger partial charge < -0.3 is 19.7 Å². The Balaban J connectivity index is 3.82. The van der Waals surface area contributed by atoms with E-state index in [2.05, 4.69) is 9.47 Å². The first-order valence-electron chi connectivity index (χ1n) is 5.15. The number of carboxylic acids is 2. The van der Waals surface area contributed by atoms with Crippen LogP contribution in [0.15, 0.2) is 12.1 Å². The first-order chi connectivity index (χ1) is 9.34. The molecule has 0 aliphatic rings. The van der Waals surface area contributed by atoms with E-state index in [0.717, 1.165) is 26.4 Å². The Morgan fingerprint density at radius 2 is 1.10 bits per heavy atom. The number of carbonyl (C=O) groups excluding carboxylic acids is 2. The molecule has 0 aromatic heterocycles. The van der Waals surface area contributed by atoms with Crippen LogP contribution < -0.4 is 0 Å². The molecule has 1 aromatic rings. The molecular formula is C12H10O8. The number of hydrogen-bond acceptors (Lipinski definition) is 6. The maximum Gasteiger partial charge on any atom is 0.339 e. The van der Waals surface area contributed by atoms with Crippen molar-refractivity contribution < 1.29 is 38.9 Å². The van der Waals surface area contributed by atoms with Crippen molar-refractivity contribution in [1.82, 2.24) is 0 Å². The van der Waals surface area contributed by atoms with E-state index in [1.54, 1.807) is 0 Å². The molecule has 1 aromatic carbocycles. The van der Waals surface area contributed by atoms with Gasteiger partial charge in [0.1, 0.15) is 0 Å². The van der Waals surface area contributed by atoms with Gasteiger partial charge in [-0.2, -0.15) is 0 Å². The van der Waals surface area contributed by atoms with Gasteiger partial charge in [0.25, 0.3) is 0 Å². The van der Waals surface area contributed by atoms with Crippen molar-refractivity contribution in [1.29, 1.82) is 0 Å². The summed E-state index contributed by atoms with van der Waals surface area (Å²) in [5, 5.41) is 18.0. The van der Waals surface area contributed by atoms with Gasteiger partial charge in [0, 0.05) is 0 Å². The van der Waals surface area contributed by atoms with Crippen molar-refractivity contribution in [2.45, 2.75) is 0 Å². The average Bonchev–Trinajstić information content (AvgIpc) is 2.43. The van der Waals surface area contributed by atoms with Gasteiger partial charge in [0.05, 0.1) is 36.5 Å². The molecule has 0 amide bonds. The molecule has 2 N–H and O–H groups in total. The smallest absolute Gasteiger partial charge is 0.339 e. The Hall–Kier alpha value is -2.90. The number of hydrogen-bond donors (Lipinski definition) is 2. The van der Waals surface area contributed by atoms with Crippen LogP contribution >= 0.6 is 0 Å². The number of carboxylic acid groups (broad SMARTS) is 2. The van der Waals surface area contributed by atoms with Crippen LogP contribution in [0.1, 0.15) is 41.4 Å². The lowest BCUT2D eigenvalue weighted by atomic mass is 9.95. The van der Waals surface area contributed by atoms with Gasteiger partial charge in [-0.1, -0.05) is 0 Å². The zero-order valence-electron chi connectivity index (χ0n) is 10.5. The lowest BCUT2D eigenvalue weighted by Crippen LogP contribution is -2.21. The lowest BCUT2D eigenvalue weighted by molar-refractivity contribution is 0.0540. The van der Waals surface area contributed by atoms with E-state index in [9.17, 15) is 19.2 Å². The van der Waals surface area contributed by atoms with Crippen molar-refractivity contribution in [3.63, 3.8) is 0 Å². The Morgan fingerprint density at radius 3 is 1.30 bits per heavy atom. The molecule has 0 bridgehead atoms. The fourth-order valence-electron chi connectivity index (χ4n) is 1.59. The number of esters is 2. The maximum atomic E-state index is 11.7. The summed E-state index contributed by atoms with van der Waals surface area (Å²) in [6.07, 6.45) is 0. The van der Waals surface area contributed by atoms with Gasteiger partial charge in [-0.25, -0.2) is 19.2 Å². The summed E-state index contributed by atoms with van der Waals surface area (Å²) in [6, 6.07) is 1.81. The van der Waals surface area contributed by atoms with Gasteiger partial charge in [0.15, 0.2) is 0 Å². The summed E-state index contributed by atoms with van der Waals surface area (Å²) < 4.78 is 8.79. The standard InChI is InChI=1S/C12H10O8/c1-19-11(17)7-5(9(13)14)3-4-6(10(15)16)8(7)12(18)20-2/h3-4H,1-2H3,(H,13,14)(H,15,16). The summed E-state index contributed by atoms with van der Waals surface area (Å²) in [7, 11) is 1.95. The van der Waals surface area contributed by atoms with E-state index in [1.165, 1.54) is 0 Å². The first-order valence-corrected chi connectivity index (χ1v) is 5.15. The van der Waals surface area contributed by atoms with Crippen LogP contribution in [0.3, 0.4) is 0 Å². The summed E-state index contributed by atoms with van der Waals surface area (Å²) >= 11 is 0. The highest BCUT2D eigenvalue weighted by atomic mass is 16.5. The predicted molar refractivity (Wildman–Crippen MR) is 63.0 cm³/mol. The van der Waals surface area contributed by atoms with Crippen molar-refractivity contribution in [3.8, 4) is 0 Å². The van der Waals surface area contributed by atoms with Crippen LogP contribution in [0.5, 0.6) is 0 Å². The van der Waals surface area contributed by atoms with Crippen LogP contribution in [0.4, 0.5) is 0 Å². The summed E-state index contributed by atoms with van der Waals surface area (Å²) in [5.74, 6) is -5.31. The Morgan fingerprint density at radius 1 is 0.800 bits per heavy atom. The molecule has 20 heavy (non-hydrogen) atoms. The number of aromatic carboxylic acids is 2. The lowest BCUT2D eigenvalue weighted by Gasteiger charge is -2.12. The fraction of sp³-hybridized carbons (Fsp3) is 0.167. The third-order valence-electron chi connectivity index (χ3n) is 2.45. The van der Waals surface area contributed by atoms with E-state index >= 15 is 0 Å². The minimum Gasteiger partial charge on any atom is -0.478 e. The first kappa shape index (κ1) is 15.2. The average molecular weight is 282 g/mol. The normalized spacial score (nSPS) is 9.70. The van der Waals surface area contributed by atoms with Gasteiger partial charge in [0.2, 0.25) is 0 Å².